The van der Waals surface area contributed by atoms with Crippen LogP contribution in [0.25, 0.3) is 5.57 Å². The molecule has 25 heavy (non-hydrogen) atoms. The average molecular weight is 333 g/mol. The summed E-state index contributed by atoms with van der Waals surface area (Å²) in [5, 5.41) is 9.24. The summed E-state index contributed by atoms with van der Waals surface area (Å²) in [7, 11) is 1.61. The lowest BCUT2D eigenvalue weighted by molar-refractivity contribution is -0.129. The normalized spacial score (nSPS) is 21.5. The Balaban J connectivity index is 1.76. The fourth-order valence-electron chi connectivity index (χ4n) is 3.38. The van der Waals surface area contributed by atoms with Crippen LogP contribution in [0.2, 0.25) is 0 Å². The van der Waals surface area contributed by atoms with Gasteiger partial charge in [-0.2, -0.15) is 5.26 Å². The molecule has 0 spiro atoms. The van der Waals surface area contributed by atoms with Crippen molar-refractivity contribution in [3.8, 4) is 11.8 Å². The first-order valence-corrected chi connectivity index (χ1v) is 8.56. The van der Waals surface area contributed by atoms with Crippen molar-refractivity contribution in [3.05, 3.63) is 47.2 Å². The predicted octanol–water partition coefficient (Wildman–Crippen LogP) is 2.93. The standard InChI is InChI=1S/C20H19N3O2/c1-25-18-5-4-14(11-21)10-16(18)17-12-23(9-7-13-2-3-13)20(24)19-15(17)6-8-22-19/h4-6,8,10,12-13,19H,2-3,7,9H2,1H3. The molecule has 1 aromatic rings. The van der Waals surface area contributed by atoms with Crippen molar-refractivity contribution in [3.63, 3.8) is 0 Å². The molecule has 126 valence electrons. The number of amides is 1. The Kier molecular flexibility index (Phi) is 3.89. The Labute approximate surface area is 146 Å². The highest BCUT2D eigenvalue weighted by atomic mass is 16.5. The van der Waals surface area contributed by atoms with Gasteiger partial charge < -0.3 is 9.64 Å². The summed E-state index contributed by atoms with van der Waals surface area (Å²) in [5.74, 6) is 1.47. The van der Waals surface area contributed by atoms with E-state index in [0.717, 1.165) is 29.0 Å². The fourth-order valence-corrected chi connectivity index (χ4v) is 3.38. The average Bonchev–Trinajstić information content (AvgIpc) is 3.34. The minimum absolute atomic E-state index is 0.0276. The van der Waals surface area contributed by atoms with Crippen LogP contribution in [0, 0.1) is 17.2 Å². The van der Waals surface area contributed by atoms with Crippen molar-refractivity contribution in [2.24, 2.45) is 10.9 Å². The number of fused-ring (bicyclic) bond motifs is 1. The maximum Gasteiger partial charge on any atom is 0.255 e. The Morgan fingerprint density at radius 2 is 2.24 bits per heavy atom. The molecule has 5 nitrogen and oxygen atoms in total. The van der Waals surface area contributed by atoms with Gasteiger partial charge in [0, 0.05) is 30.1 Å². The summed E-state index contributed by atoms with van der Waals surface area (Å²) in [6.45, 7) is 0.715. The van der Waals surface area contributed by atoms with Crippen molar-refractivity contribution >= 4 is 17.7 Å². The van der Waals surface area contributed by atoms with Crippen LogP contribution in [0.15, 0.2) is 41.0 Å². The predicted molar refractivity (Wildman–Crippen MR) is 95.1 cm³/mol. The monoisotopic (exact) mass is 333 g/mol. The van der Waals surface area contributed by atoms with Gasteiger partial charge >= 0.3 is 0 Å². The molecule has 2 heterocycles. The molecule has 0 bridgehead atoms. The van der Waals surface area contributed by atoms with Crippen LogP contribution >= 0.6 is 0 Å². The molecule has 1 amide bonds. The number of hydrogen-bond acceptors (Lipinski definition) is 4. The van der Waals surface area contributed by atoms with Crippen LogP contribution in [0.5, 0.6) is 5.75 Å². The van der Waals surface area contributed by atoms with Gasteiger partial charge in [-0.15, -0.1) is 0 Å². The topological polar surface area (TPSA) is 65.7 Å². The first kappa shape index (κ1) is 15.6. The van der Waals surface area contributed by atoms with Gasteiger partial charge in [-0.05, 0) is 42.2 Å². The third kappa shape index (κ3) is 2.85. The molecular weight excluding hydrogens is 314 g/mol. The van der Waals surface area contributed by atoms with E-state index in [1.54, 1.807) is 30.4 Å². The number of ether oxygens (including phenoxy) is 1. The van der Waals surface area contributed by atoms with Crippen LogP contribution in [0.3, 0.4) is 0 Å². The number of carbonyl (C=O) groups is 1. The van der Waals surface area contributed by atoms with Crippen molar-refractivity contribution in [2.45, 2.75) is 25.3 Å². The van der Waals surface area contributed by atoms with E-state index >= 15 is 0 Å². The molecule has 1 unspecified atom stereocenters. The van der Waals surface area contributed by atoms with Crippen LogP contribution < -0.4 is 4.74 Å². The number of hydrogen-bond donors (Lipinski definition) is 0. The number of methoxy groups -OCH3 is 1. The summed E-state index contributed by atoms with van der Waals surface area (Å²) >= 11 is 0. The highest BCUT2D eigenvalue weighted by Crippen LogP contribution is 2.39. The minimum atomic E-state index is -0.477. The molecule has 1 aliphatic carbocycles. The molecule has 1 atom stereocenters. The van der Waals surface area contributed by atoms with Crippen molar-refractivity contribution in [1.82, 2.24) is 4.90 Å². The van der Waals surface area contributed by atoms with E-state index in [1.807, 2.05) is 18.3 Å². The van der Waals surface area contributed by atoms with E-state index < -0.39 is 6.04 Å². The SMILES string of the molecule is COc1ccc(C#N)cc1C1=CN(CCC2CC2)C(=O)C2N=CC=C12. The molecule has 0 radical (unpaired) electrons. The summed E-state index contributed by atoms with van der Waals surface area (Å²) < 4.78 is 5.50. The molecule has 1 aromatic carbocycles. The number of aliphatic imine (C=N–C) groups is 1. The molecule has 0 N–H and O–H groups in total. The second kappa shape index (κ2) is 6.21. The van der Waals surface area contributed by atoms with Gasteiger partial charge in [-0.25, -0.2) is 0 Å². The third-order valence-electron chi connectivity index (χ3n) is 4.99. The number of rotatable bonds is 5. The molecule has 0 aromatic heterocycles. The lowest BCUT2D eigenvalue weighted by Crippen LogP contribution is -2.39. The van der Waals surface area contributed by atoms with Crippen molar-refractivity contribution < 1.29 is 9.53 Å². The summed E-state index contributed by atoms with van der Waals surface area (Å²) in [6.07, 6.45) is 9.04. The lowest BCUT2D eigenvalue weighted by Gasteiger charge is -2.30. The molecule has 2 aliphatic heterocycles. The lowest BCUT2D eigenvalue weighted by atomic mass is 9.89. The largest absolute Gasteiger partial charge is 0.496 e. The van der Waals surface area contributed by atoms with E-state index in [2.05, 4.69) is 11.1 Å². The highest BCUT2D eigenvalue weighted by Gasteiger charge is 2.36. The number of allylic oxidation sites excluding steroid dienone is 1. The van der Waals surface area contributed by atoms with Crippen LogP contribution in [-0.4, -0.2) is 36.7 Å². The van der Waals surface area contributed by atoms with Crippen LogP contribution in [-0.2, 0) is 4.79 Å². The van der Waals surface area contributed by atoms with Crippen LogP contribution in [0.1, 0.15) is 30.4 Å². The van der Waals surface area contributed by atoms with Gasteiger partial charge in [0.2, 0.25) is 0 Å². The molecule has 4 rings (SSSR count). The summed E-state index contributed by atoms with van der Waals surface area (Å²) in [6, 6.07) is 7.04. The maximum absolute atomic E-state index is 12.7. The third-order valence-corrected chi connectivity index (χ3v) is 4.99. The first-order chi connectivity index (χ1) is 12.2. The second-order valence-corrected chi connectivity index (χ2v) is 6.66. The molecule has 3 aliphatic rings. The zero-order valence-corrected chi connectivity index (χ0v) is 14.1. The van der Waals surface area contributed by atoms with Gasteiger partial charge in [-0.1, -0.05) is 12.8 Å². The molecule has 1 fully saturated rings. The second-order valence-electron chi connectivity index (χ2n) is 6.66. The Morgan fingerprint density at radius 1 is 1.40 bits per heavy atom. The van der Waals surface area contributed by atoms with E-state index in [4.69, 9.17) is 4.74 Å². The van der Waals surface area contributed by atoms with E-state index in [1.165, 1.54) is 12.8 Å². The maximum atomic E-state index is 12.7. The van der Waals surface area contributed by atoms with Gasteiger partial charge in [0.05, 0.1) is 18.7 Å². The quantitative estimate of drug-likeness (QED) is 0.832. The number of nitriles is 1. The summed E-state index contributed by atoms with van der Waals surface area (Å²) in [4.78, 5) is 18.9. The number of nitrogens with zero attached hydrogens (tertiary/aromatic N) is 3. The van der Waals surface area contributed by atoms with Gasteiger partial charge in [0.25, 0.3) is 5.91 Å². The van der Waals surface area contributed by atoms with Crippen molar-refractivity contribution in [2.75, 3.05) is 13.7 Å². The zero-order chi connectivity index (χ0) is 17.4. The smallest absolute Gasteiger partial charge is 0.255 e. The fraction of sp³-hybridized carbons (Fsp3) is 0.350. The van der Waals surface area contributed by atoms with E-state index in [-0.39, 0.29) is 5.91 Å². The van der Waals surface area contributed by atoms with Crippen molar-refractivity contribution in [1.29, 1.82) is 5.26 Å². The summed E-state index contributed by atoms with van der Waals surface area (Å²) in [5.41, 5.74) is 3.18. The minimum Gasteiger partial charge on any atom is -0.496 e. The molecular formula is C20H19N3O2. The van der Waals surface area contributed by atoms with Gasteiger partial charge in [0.15, 0.2) is 6.04 Å². The van der Waals surface area contributed by atoms with Gasteiger partial charge in [0.1, 0.15) is 5.75 Å². The van der Waals surface area contributed by atoms with E-state index in [0.29, 0.717) is 17.9 Å². The van der Waals surface area contributed by atoms with E-state index in [9.17, 15) is 10.1 Å². The Bertz CT molecular complexity index is 856. The Hall–Kier alpha value is -2.87. The number of benzene rings is 1. The molecule has 1 saturated carbocycles. The zero-order valence-electron chi connectivity index (χ0n) is 14.1. The molecule has 0 saturated heterocycles. The molecule has 5 heteroatoms. The first-order valence-electron chi connectivity index (χ1n) is 8.56. The van der Waals surface area contributed by atoms with Crippen LogP contribution in [0.4, 0.5) is 0 Å². The highest BCUT2D eigenvalue weighted by molar-refractivity contribution is 6.04. The Morgan fingerprint density at radius 3 is 2.96 bits per heavy atom. The van der Waals surface area contributed by atoms with Gasteiger partial charge in [-0.3, -0.25) is 9.79 Å². The number of carbonyl (C=O) groups excluding carboxylic acids is 1.